The number of hydrogen-bond donors (Lipinski definition) is 1. The molecule has 0 aliphatic carbocycles. The molecule has 1 aliphatic heterocycles. The maximum absolute atomic E-state index is 13.9. The van der Waals surface area contributed by atoms with E-state index in [4.69, 9.17) is 5.11 Å². The molecule has 0 atom stereocenters. The van der Waals surface area contributed by atoms with Crippen molar-refractivity contribution in [1.82, 2.24) is 13.5 Å². The second-order valence-electron chi connectivity index (χ2n) is 5.58. The number of aromatic carboxylic acids is 1. The standard InChI is InChI=1S/C14H20FN3O4S/c1-16(2)23(21,22)18-7-5-17(6-8-18)10-12-4-3-11(14(19)20)9-13(12)15/h3-4,9H,5-8,10H2,1-2H3,(H,19,20). The lowest BCUT2D eigenvalue weighted by Crippen LogP contribution is -2.51. The number of nitrogens with zero attached hydrogens (tertiary/aromatic N) is 3. The molecular weight excluding hydrogens is 325 g/mol. The fourth-order valence-electron chi connectivity index (χ4n) is 2.40. The zero-order valence-electron chi connectivity index (χ0n) is 13.1. The Morgan fingerprint density at radius 3 is 2.35 bits per heavy atom. The summed E-state index contributed by atoms with van der Waals surface area (Å²) in [5.41, 5.74) is 0.312. The fraction of sp³-hybridized carbons (Fsp3) is 0.500. The number of carboxylic acid groups (broad SMARTS) is 1. The molecule has 1 saturated heterocycles. The average Bonchev–Trinajstić information content (AvgIpc) is 2.49. The zero-order chi connectivity index (χ0) is 17.2. The van der Waals surface area contributed by atoms with Crippen LogP contribution in [0.4, 0.5) is 4.39 Å². The predicted molar refractivity (Wildman–Crippen MR) is 82.8 cm³/mol. The molecule has 1 fully saturated rings. The molecule has 0 radical (unpaired) electrons. The first kappa shape index (κ1) is 17.8. The van der Waals surface area contributed by atoms with Crippen LogP contribution in [-0.4, -0.2) is 73.3 Å². The van der Waals surface area contributed by atoms with Gasteiger partial charge in [0.25, 0.3) is 10.2 Å². The minimum atomic E-state index is -3.42. The number of benzene rings is 1. The van der Waals surface area contributed by atoms with E-state index in [-0.39, 0.29) is 5.56 Å². The highest BCUT2D eigenvalue weighted by Crippen LogP contribution is 2.16. The maximum Gasteiger partial charge on any atom is 0.335 e. The monoisotopic (exact) mass is 345 g/mol. The largest absolute Gasteiger partial charge is 0.478 e. The van der Waals surface area contributed by atoms with Crippen LogP contribution in [-0.2, 0) is 16.8 Å². The molecule has 0 aromatic heterocycles. The number of hydrogen-bond acceptors (Lipinski definition) is 4. The minimum absolute atomic E-state index is 0.0897. The molecule has 1 aromatic rings. The predicted octanol–water partition coefficient (Wildman–Crippen LogP) is 0.448. The van der Waals surface area contributed by atoms with Crippen molar-refractivity contribution >= 4 is 16.2 Å². The maximum atomic E-state index is 13.9. The summed E-state index contributed by atoms with van der Waals surface area (Å²) >= 11 is 0. The lowest BCUT2D eigenvalue weighted by molar-refractivity contribution is 0.0696. The zero-order valence-corrected chi connectivity index (χ0v) is 13.9. The second-order valence-corrected chi connectivity index (χ2v) is 7.72. The fourth-order valence-corrected chi connectivity index (χ4v) is 3.49. The third-order valence-electron chi connectivity index (χ3n) is 3.81. The van der Waals surface area contributed by atoms with Crippen molar-refractivity contribution in [1.29, 1.82) is 0 Å². The van der Waals surface area contributed by atoms with Gasteiger partial charge in [-0.2, -0.15) is 17.0 Å². The van der Waals surface area contributed by atoms with Crippen molar-refractivity contribution in [3.8, 4) is 0 Å². The molecule has 0 bridgehead atoms. The van der Waals surface area contributed by atoms with E-state index < -0.39 is 22.0 Å². The molecule has 1 heterocycles. The first-order valence-corrected chi connectivity index (χ1v) is 8.53. The van der Waals surface area contributed by atoms with E-state index >= 15 is 0 Å². The SMILES string of the molecule is CN(C)S(=O)(=O)N1CCN(Cc2ccc(C(=O)O)cc2F)CC1. The quantitative estimate of drug-likeness (QED) is 0.838. The van der Waals surface area contributed by atoms with Crippen LogP contribution in [0.15, 0.2) is 18.2 Å². The van der Waals surface area contributed by atoms with Crippen LogP contribution in [0.2, 0.25) is 0 Å². The van der Waals surface area contributed by atoms with E-state index in [2.05, 4.69) is 0 Å². The van der Waals surface area contributed by atoms with Gasteiger partial charge in [0, 0.05) is 52.4 Å². The number of piperazine rings is 1. The van der Waals surface area contributed by atoms with Gasteiger partial charge in [0.1, 0.15) is 5.82 Å². The highest BCUT2D eigenvalue weighted by Gasteiger charge is 2.28. The summed E-state index contributed by atoms with van der Waals surface area (Å²) in [5.74, 6) is -1.73. The van der Waals surface area contributed by atoms with Gasteiger partial charge < -0.3 is 5.11 Å². The molecule has 0 amide bonds. The van der Waals surface area contributed by atoms with Crippen molar-refractivity contribution < 1.29 is 22.7 Å². The van der Waals surface area contributed by atoms with Gasteiger partial charge in [-0.3, -0.25) is 4.90 Å². The number of rotatable bonds is 5. The molecule has 0 saturated carbocycles. The molecule has 9 heteroatoms. The number of carbonyl (C=O) groups is 1. The molecule has 128 valence electrons. The van der Waals surface area contributed by atoms with Gasteiger partial charge >= 0.3 is 5.97 Å². The second kappa shape index (κ2) is 6.91. The van der Waals surface area contributed by atoms with E-state index in [1.165, 1.54) is 34.8 Å². The van der Waals surface area contributed by atoms with Crippen LogP contribution in [0.3, 0.4) is 0 Å². The van der Waals surface area contributed by atoms with Gasteiger partial charge in [-0.25, -0.2) is 9.18 Å². The van der Waals surface area contributed by atoms with Gasteiger partial charge in [-0.15, -0.1) is 0 Å². The third kappa shape index (κ3) is 4.05. The topological polar surface area (TPSA) is 81.2 Å². The first-order valence-electron chi connectivity index (χ1n) is 7.13. The Morgan fingerprint density at radius 2 is 1.87 bits per heavy atom. The van der Waals surface area contributed by atoms with E-state index in [0.717, 1.165) is 6.07 Å². The van der Waals surface area contributed by atoms with Crippen molar-refractivity contribution in [3.05, 3.63) is 35.1 Å². The number of halogens is 1. The van der Waals surface area contributed by atoms with Gasteiger partial charge in [0.2, 0.25) is 0 Å². The Morgan fingerprint density at radius 1 is 1.26 bits per heavy atom. The normalized spacial score (nSPS) is 17.6. The lowest BCUT2D eigenvalue weighted by Gasteiger charge is -2.35. The van der Waals surface area contributed by atoms with Crippen molar-refractivity contribution in [3.63, 3.8) is 0 Å². The molecular formula is C14H20FN3O4S. The minimum Gasteiger partial charge on any atom is -0.478 e. The van der Waals surface area contributed by atoms with Crippen LogP contribution in [0.25, 0.3) is 0 Å². The molecule has 0 spiro atoms. The molecule has 2 rings (SSSR count). The highest BCUT2D eigenvalue weighted by molar-refractivity contribution is 7.86. The Hall–Kier alpha value is -1.55. The van der Waals surface area contributed by atoms with Gasteiger partial charge in [0.05, 0.1) is 5.56 Å². The van der Waals surface area contributed by atoms with E-state index in [1.54, 1.807) is 0 Å². The van der Waals surface area contributed by atoms with Crippen LogP contribution in [0.5, 0.6) is 0 Å². The summed E-state index contributed by atoms with van der Waals surface area (Å²) in [6.07, 6.45) is 0. The number of carboxylic acids is 1. The third-order valence-corrected chi connectivity index (χ3v) is 5.75. The Kier molecular flexibility index (Phi) is 5.35. The van der Waals surface area contributed by atoms with Crippen molar-refractivity contribution in [2.24, 2.45) is 0 Å². The summed E-state index contributed by atoms with van der Waals surface area (Å²) in [4.78, 5) is 12.7. The first-order chi connectivity index (χ1) is 10.7. The molecule has 1 aromatic carbocycles. The van der Waals surface area contributed by atoms with Gasteiger partial charge in [0.15, 0.2) is 0 Å². The Bertz CT molecular complexity index is 685. The van der Waals surface area contributed by atoms with E-state index in [0.29, 0.717) is 38.3 Å². The molecule has 7 nitrogen and oxygen atoms in total. The summed E-state index contributed by atoms with van der Waals surface area (Å²) < 4.78 is 40.6. The van der Waals surface area contributed by atoms with Crippen molar-refractivity contribution in [2.45, 2.75) is 6.54 Å². The Balaban J connectivity index is 1.98. The summed E-state index contributed by atoms with van der Waals surface area (Å²) in [6.45, 7) is 1.99. The van der Waals surface area contributed by atoms with Crippen LogP contribution >= 0.6 is 0 Å². The van der Waals surface area contributed by atoms with Crippen LogP contribution < -0.4 is 0 Å². The van der Waals surface area contributed by atoms with E-state index in [9.17, 15) is 17.6 Å². The highest BCUT2D eigenvalue weighted by atomic mass is 32.2. The smallest absolute Gasteiger partial charge is 0.335 e. The average molecular weight is 345 g/mol. The van der Waals surface area contributed by atoms with Gasteiger partial charge in [-0.05, 0) is 12.1 Å². The van der Waals surface area contributed by atoms with Crippen molar-refractivity contribution in [2.75, 3.05) is 40.3 Å². The lowest BCUT2D eigenvalue weighted by atomic mass is 10.1. The van der Waals surface area contributed by atoms with E-state index in [1.807, 2.05) is 4.90 Å². The molecule has 1 N–H and O–H groups in total. The molecule has 0 unspecified atom stereocenters. The van der Waals surface area contributed by atoms with Gasteiger partial charge in [-0.1, -0.05) is 6.07 Å². The Labute approximate surface area is 135 Å². The summed E-state index contributed by atoms with van der Waals surface area (Å²) in [6, 6.07) is 3.83. The molecule has 23 heavy (non-hydrogen) atoms. The molecule has 1 aliphatic rings. The van der Waals surface area contributed by atoms with Crippen LogP contribution in [0.1, 0.15) is 15.9 Å². The summed E-state index contributed by atoms with van der Waals surface area (Å²) in [5, 5.41) is 8.83. The summed E-state index contributed by atoms with van der Waals surface area (Å²) in [7, 11) is -0.445. The van der Waals surface area contributed by atoms with Crippen LogP contribution in [0, 0.1) is 5.82 Å².